The third-order valence-electron chi connectivity index (χ3n) is 3.26. The lowest BCUT2D eigenvalue weighted by Gasteiger charge is -2.29. The number of carbonyl (C=O) groups is 1. The maximum atomic E-state index is 12.2. The van der Waals surface area contributed by atoms with Crippen molar-refractivity contribution in [2.24, 2.45) is 0 Å². The Hall–Kier alpha value is -1.55. The summed E-state index contributed by atoms with van der Waals surface area (Å²) in [5, 5.41) is 12.6. The lowest BCUT2D eigenvalue weighted by atomic mass is 10.1. The van der Waals surface area contributed by atoms with Gasteiger partial charge in [0.2, 0.25) is 0 Å². The number of anilines is 1. The fourth-order valence-electron chi connectivity index (χ4n) is 2.19. The summed E-state index contributed by atoms with van der Waals surface area (Å²) in [7, 11) is 0. The maximum absolute atomic E-state index is 12.2. The number of amides is 1. The molecule has 2 rings (SSSR count). The van der Waals surface area contributed by atoms with E-state index in [9.17, 15) is 9.90 Å². The monoisotopic (exact) mass is 248 g/mol. The average molecular weight is 248 g/mol. The predicted octanol–water partition coefficient (Wildman–Crippen LogP) is 1.72. The molecule has 1 saturated heterocycles. The molecule has 18 heavy (non-hydrogen) atoms. The molecular formula is C14H20N2O2. The molecule has 0 aliphatic carbocycles. The van der Waals surface area contributed by atoms with Crippen LogP contribution < -0.4 is 5.32 Å². The van der Waals surface area contributed by atoms with Crippen LogP contribution in [0.25, 0.3) is 0 Å². The molecule has 0 bridgehead atoms. The van der Waals surface area contributed by atoms with Gasteiger partial charge in [-0.3, -0.25) is 4.79 Å². The SMILES string of the molecule is CCNc1ccc(C(=O)N2CCC(O)CC2)cc1. The van der Waals surface area contributed by atoms with Crippen LogP contribution in [-0.4, -0.2) is 41.7 Å². The van der Waals surface area contributed by atoms with Crippen molar-refractivity contribution in [1.29, 1.82) is 0 Å². The highest BCUT2D eigenvalue weighted by Gasteiger charge is 2.21. The summed E-state index contributed by atoms with van der Waals surface area (Å²) in [6, 6.07) is 7.56. The van der Waals surface area contributed by atoms with Crippen molar-refractivity contribution < 1.29 is 9.90 Å². The molecule has 0 unspecified atom stereocenters. The van der Waals surface area contributed by atoms with Crippen LogP contribution in [0.3, 0.4) is 0 Å². The number of rotatable bonds is 3. The van der Waals surface area contributed by atoms with E-state index in [1.165, 1.54) is 0 Å². The van der Waals surface area contributed by atoms with Crippen molar-refractivity contribution in [2.45, 2.75) is 25.9 Å². The normalized spacial score (nSPS) is 16.7. The minimum absolute atomic E-state index is 0.0601. The van der Waals surface area contributed by atoms with Crippen LogP contribution in [0.4, 0.5) is 5.69 Å². The number of benzene rings is 1. The summed E-state index contributed by atoms with van der Waals surface area (Å²) in [6.07, 6.45) is 1.12. The van der Waals surface area contributed by atoms with E-state index in [1.54, 1.807) is 0 Å². The summed E-state index contributed by atoms with van der Waals surface area (Å²) in [5.41, 5.74) is 1.75. The van der Waals surface area contributed by atoms with Gasteiger partial charge in [0.1, 0.15) is 0 Å². The summed E-state index contributed by atoms with van der Waals surface area (Å²) in [6.45, 7) is 4.21. The first-order valence-electron chi connectivity index (χ1n) is 6.52. The number of nitrogens with zero attached hydrogens (tertiary/aromatic N) is 1. The first-order chi connectivity index (χ1) is 8.70. The predicted molar refractivity (Wildman–Crippen MR) is 71.8 cm³/mol. The Kier molecular flexibility index (Phi) is 4.20. The van der Waals surface area contributed by atoms with Crippen molar-refractivity contribution in [1.82, 2.24) is 4.90 Å². The van der Waals surface area contributed by atoms with E-state index >= 15 is 0 Å². The second kappa shape index (κ2) is 5.87. The van der Waals surface area contributed by atoms with Gasteiger partial charge in [0, 0.05) is 30.9 Å². The van der Waals surface area contributed by atoms with Gasteiger partial charge in [-0.2, -0.15) is 0 Å². The van der Waals surface area contributed by atoms with E-state index in [2.05, 4.69) is 5.32 Å². The number of hydrogen-bond acceptors (Lipinski definition) is 3. The Balaban J connectivity index is 2.00. The van der Waals surface area contributed by atoms with Crippen LogP contribution in [0.15, 0.2) is 24.3 Å². The van der Waals surface area contributed by atoms with Gasteiger partial charge in [-0.15, -0.1) is 0 Å². The molecule has 4 nitrogen and oxygen atoms in total. The molecule has 4 heteroatoms. The second-order valence-electron chi connectivity index (χ2n) is 4.63. The molecule has 0 spiro atoms. The van der Waals surface area contributed by atoms with Gasteiger partial charge < -0.3 is 15.3 Å². The molecule has 0 aromatic heterocycles. The van der Waals surface area contributed by atoms with Gasteiger partial charge in [0.15, 0.2) is 0 Å². The van der Waals surface area contributed by atoms with Gasteiger partial charge in [-0.05, 0) is 44.0 Å². The van der Waals surface area contributed by atoms with Gasteiger partial charge in [0.05, 0.1) is 6.10 Å². The number of nitrogens with one attached hydrogen (secondary N) is 1. The highest BCUT2D eigenvalue weighted by molar-refractivity contribution is 5.94. The topological polar surface area (TPSA) is 52.6 Å². The van der Waals surface area contributed by atoms with Crippen LogP contribution in [0, 0.1) is 0 Å². The molecule has 0 atom stereocenters. The third kappa shape index (κ3) is 3.01. The van der Waals surface area contributed by atoms with E-state index in [1.807, 2.05) is 36.1 Å². The standard InChI is InChI=1S/C14H20N2O2/c1-2-15-12-5-3-11(4-6-12)14(18)16-9-7-13(17)8-10-16/h3-6,13,15,17H,2,7-10H2,1H3. The molecule has 1 amide bonds. The highest BCUT2D eigenvalue weighted by atomic mass is 16.3. The van der Waals surface area contributed by atoms with Gasteiger partial charge in [0.25, 0.3) is 5.91 Å². The molecule has 1 aliphatic heterocycles. The first kappa shape index (κ1) is 12.9. The Morgan fingerprint density at radius 3 is 2.50 bits per heavy atom. The maximum Gasteiger partial charge on any atom is 0.253 e. The minimum Gasteiger partial charge on any atom is -0.393 e. The van der Waals surface area contributed by atoms with E-state index in [0.29, 0.717) is 31.5 Å². The van der Waals surface area contributed by atoms with E-state index in [0.717, 1.165) is 12.2 Å². The lowest BCUT2D eigenvalue weighted by Crippen LogP contribution is -2.40. The molecular weight excluding hydrogens is 228 g/mol. The molecule has 1 aromatic carbocycles. The molecule has 98 valence electrons. The molecule has 1 aliphatic rings. The number of aliphatic hydroxyl groups is 1. The van der Waals surface area contributed by atoms with Crippen LogP contribution >= 0.6 is 0 Å². The number of hydrogen-bond donors (Lipinski definition) is 2. The zero-order chi connectivity index (χ0) is 13.0. The molecule has 2 N–H and O–H groups in total. The van der Waals surface area contributed by atoms with Gasteiger partial charge in [-0.1, -0.05) is 0 Å². The quantitative estimate of drug-likeness (QED) is 0.856. The van der Waals surface area contributed by atoms with Crippen molar-refractivity contribution in [3.8, 4) is 0 Å². The molecule has 1 heterocycles. The Morgan fingerprint density at radius 1 is 1.33 bits per heavy atom. The average Bonchev–Trinajstić information content (AvgIpc) is 2.40. The van der Waals surface area contributed by atoms with Crippen molar-refractivity contribution in [3.63, 3.8) is 0 Å². The molecule has 1 aromatic rings. The lowest BCUT2D eigenvalue weighted by molar-refractivity contribution is 0.0546. The highest BCUT2D eigenvalue weighted by Crippen LogP contribution is 2.15. The van der Waals surface area contributed by atoms with Crippen LogP contribution in [-0.2, 0) is 0 Å². The summed E-state index contributed by atoms with van der Waals surface area (Å²) >= 11 is 0. The molecule has 0 radical (unpaired) electrons. The van der Waals surface area contributed by atoms with Crippen LogP contribution in [0.1, 0.15) is 30.1 Å². The summed E-state index contributed by atoms with van der Waals surface area (Å²) in [5.74, 6) is 0.0601. The molecule has 1 fully saturated rings. The third-order valence-corrected chi connectivity index (χ3v) is 3.26. The van der Waals surface area contributed by atoms with Gasteiger partial charge in [-0.25, -0.2) is 0 Å². The second-order valence-corrected chi connectivity index (χ2v) is 4.63. The number of likely N-dealkylation sites (tertiary alicyclic amines) is 1. The Labute approximate surface area is 108 Å². The van der Waals surface area contributed by atoms with Crippen LogP contribution in [0.5, 0.6) is 0 Å². The molecule has 0 saturated carbocycles. The van der Waals surface area contributed by atoms with E-state index in [-0.39, 0.29) is 12.0 Å². The van der Waals surface area contributed by atoms with Crippen molar-refractivity contribution in [3.05, 3.63) is 29.8 Å². The first-order valence-corrected chi connectivity index (χ1v) is 6.52. The largest absolute Gasteiger partial charge is 0.393 e. The Bertz CT molecular complexity index is 395. The fourth-order valence-corrected chi connectivity index (χ4v) is 2.19. The number of piperidine rings is 1. The van der Waals surface area contributed by atoms with E-state index in [4.69, 9.17) is 0 Å². The van der Waals surface area contributed by atoms with Crippen molar-refractivity contribution in [2.75, 3.05) is 25.0 Å². The number of carbonyl (C=O) groups excluding carboxylic acids is 1. The zero-order valence-electron chi connectivity index (χ0n) is 10.7. The minimum atomic E-state index is -0.245. The van der Waals surface area contributed by atoms with E-state index < -0.39 is 0 Å². The summed E-state index contributed by atoms with van der Waals surface area (Å²) < 4.78 is 0. The van der Waals surface area contributed by atoms with Gasteiger partial charge >= 0.3 is 0 Å². The number of aliphatic hydroxyl groups excluding tert-OH is 1. The Morgan fingerprint density at radius 2 is 1.94 bits per heavy atom. The van der Waals surface area contributed by atoms with Crippen LogP contribution in [0.2, 0.25) is 0 Å². The smallest absolute Gasteiger partial charge is 0.253 e. The fraction of sp³-hybridized carbons (Fsp3) is 0.500. The van der Waals surface area contributed by atoms with Crippen molar-refractivity contribution >= 4 is 11.6 Å². The zero-order valence-corrected chi connectivity index (χ0v) is 10.7. The summed E-state index contributed by atoms with van der Waals surface area (Å²) in [4.78, 5) is 14.0.